The van der Waals surface area contributed by atoms with Crippen LogP contribution in [0.15, 0.2) is 71.2 Å². The number of halogens is 1. The highest BCUT2D eigenvalue weighted by molar-refractivity contribution is 9.10. The fourth-order valence-electron chi connectivity index (χ4n) is 3.00. The van der Waals surface area contributed by atoms with E-state index in [9.17, 15) is 0 Å². The Bertz CT molecular complexity index is 898. The molecule has 0 saturated heterocycles. The first-order valence-corrected chi connectivity index (χ1v) is 10.4. The van der Waals surface area contributed by atoms with Crippen LogP contribution in [-0.4, -0.2) is 20.8 Å². The van der Waals surface area contributed by atoms with Gasteiger partial charge in [0.1, 0.15) is 12.4 Å². The van der Waals surface area contributed by atoms with E-state index in [-0.39, 0.29) is 0 Å². The molecule has 0 spiro atoms. The molecule has 0 aromatic heterocycles. The quantitative estimate of drug-likeness (QED) is 0.416. The van der Waals surface area contributed by atoms with Gasteiger partial charge in [0.25, 0.3) is 0 Å². The topological polar surface area (TPSA) is 39.7 Å². The van der Waals surface area contributed by atoms with E-state index in [0.29, 0.717) is 6.61 Å². The van der Waals surface area contributed by atoms with Crippen LogP contribution in [0, 0.1) is 0 Å². The second-order valence-electron chi connectivity index (χ2n) is 6.66. The smallest absolute Gasteiger partial charge is 0.175 e. The molecule has 0 unspecified atom stereocenters. The van der Waals surface area contributed by atoms with Crippen molar-refractivity contribution >= 4 is 15.9 Å². The molecule has 0 aliphatic rings. The van der Waals surface area contributed by atoms with Crippen molar-refractivity contribution in [1.82, 2.24) is 5.32 Å². The summed E-state index contributed by atoms with van der Waals surface area (Å²) >= 11 is 3.63. The van der Waals surface area contributed by atoms with Gasteiger partial charge in [-0.25, -0.2) is 0 Å². The van der Waals surface area contributed by atoms with E-state index >= 15 is 0 Å². The Hall–Kier alpha value is -2.50. The molecule has 5 heteroatoms. The van der Waals surface area contributed by atoms with Gasteiger partial charge in [-0.2, -0.15) is 0 Å². The minimum absolute atomic E-state index is 0.495. The summed E-state index contributed by atoms with van der Waals surface area (Å²) in [5, 5.41) is 3.49. The third-order valence-electron chi connectivity index (χ3n) is 4.59. The van der Waals surface area contributed by atoms with Crippen LogP contribution >= 0.6 is 15.9 Å². The zero-order valence-electron chi connectivity index (χ0n) is 16.8. The van der Waals surface area contributed by atoms with Gasteiger partial charge in [0.05, 0.1) is 18.7 Å². The first kappa shape index (κ1) is 21.2. The Kier molecular flexibility index (Phi) is 7.96. The van der Waals surface area contributed by atoms with Crippen LogP contribution in [0.3, 0.4) is 0 Å². The number of nitrogens with one attached hydrogen (secondary N) is 1. The van der Waals surface area contributed by atoms with E-state index in [1.807, 2.05) is 48.5 Å². The van der Waals surface area contributed by atoms with E-state index in [1.54, 1.807) is 14.2 Å². The van der Waals surface area contributed by atoms with E-state index < -0.39 is 0 Å². The minimum atomic E-state index is 0.495. The fourth-order valence-corrected chi connectivity index (χ4v) is 3.61. The van der Waals surface area contributed by atoms with Crippen LogP contribution in [-0.2, 0) is 19.6 Å². The average Bonchev–Trinajstić information content (AvgIpc) is 2.76. The first-order valence-electron chi connectivity index (χ1n) is 9.56. The maximum Gasteiger partial charge on any atom is 0.175 e. The highest BCUT2D eigenvalue weighted by atomic mass is 79.9. The molecule has 29 heavy (non-hydrogen) atoms. The summed E-state index contributed by atoms with van der Waals surface area (Å²) in [5.41, 5.74) is 3.53. The number of methoxy groups -OCH3 is 2. The lowest BCUT2D eigenvalue weighted by Gasteiger charge is -2.15. The maximum absolute atomic E-state index is 6.00. The summed E-state index contributed by atoms with van der Waals surface area (Å²) in [7, 11) is 3.35. The van der Waals surface area contributed by atoms with Crippen LogP contribution < -0.4 is 19.5 Å². The van der Waals surface area contributed by atoms with Crippen molar-refractivity contribution in [3.05, 3.63) is 87.9 Å². The van der Waals surface area contributed by atoms with Crippen molar-refractivity contribution in [3.8, 4) is 17.2 Å². The number of ether oxygens (including phenoxy) is 3. The molecule has 3 aromatic rings. The lowest BCUT2D eigenvalue weighted by molar-refractivity contribution is 0.282. The molecule has 0 amide bonds. The number of hydrogen-bond donors (Lipinski definition) is 1. The summed E-state index contributed by atoms with van der Waals surface area (Å²) < 4.78 is 17.6. The highest BCUT2D eigenvalue weighted by Crippen LogP contribution is 2.37. The van der Waals surface area contributed by atoms with Crippen molar-refractivity contribution in [1.29, 1.82) is 0 Å². The van der Waals surface area contributed by atoms with Crippen molar-refractivity contribution < 1.29 is 14.2 Å². The van der Waals surface area contributed by atoms with Gasteiger partial charge in [-0.15, -0.1) is 0 Å². The maximum atomic E-state index is 6.00. The summed E-state index contributed by atoms with van der Waals surface area (Å²) in [4.78, 5) is 0. The number of hydrogen-bond acceptors (Lipinski definition) is 4. The molecule has 0 aliphatic carbocycles. The molecule has 3 rings (SSSR count). The van der Waals surface area contributed by atoms with Gasteiger partial charge >= 0.3 is 0 Å². The van der Waals surface area contributed by atoms with Crippen LogP contribution in [0.25, 0.3) is 0 Å². The van der Waals surface area contributed by atoms with Gasteiger partial charge in [-0.1, -0.05) is 42.5 Å². The molecule has 3 aromatic carbocycles. The van der Waals surface area contributed by atoms with Gasteiger partial charge in [-0.05, 0) is 69.9 Å². The van der Waals surface area contributed by atoms with Gasteiger partial charge in [0.2, 0.25) is 0 Å². The zero-order chi connectivity index (χ0) is 20.5. The molecule has 152 valence electrons. The lowest BCUT2D eigenvalue weighted by Crippen LogP contribution is -2.16. The molecular weight excluding hydrogens is 430 g/mol. The zero-order valence-corrected chi connectivity index (χ0v) is 18.4. The molecule has 0 heterocycles. The summed E-state index contributed by atoms with van der Waals surface area (Å²) in [6.45, 7) is 2.14. The highest BCUT2D eigenvalue weighted by Gasteiger charge is 2.12. The normalized spacial score (nSPS) is 10.6. The van der Waals surface area contributed by atoms with Crippen LogP contribution in [0.2, 0.25) is 0 Å². The van der Waals surface area contributed by atoms with Gasteiger partial charge in [-0.3, -0.25) is 0 Å². The van der Waals surface area contributed by atoms with E-state index in [1.165, 1.54) is 5.56 Å². The molecule has 0 bridgehead atoms. The van der Waals surface area contributed by atoms with E-state index in [2.05, 4.69) is 39.4 Å². The molecule has 0 atom stereocenters. The van der Waals surface area contributed by atoms with Crippen molar-refractivity contribution in [2.75, 3.05) is 20.8 Å². The SMILES string of the molecule is COc1ccc(CCNCc2cc(Br)c(OCc3ccccc3)c(OC)c2)cc1. The predicted molar refractivity (Wildman–Crippen MR) is 120 cm³/mol. The third-order valence-corrected chi connectivity index (χ3v) is 5.18. The Labute approximate surface area is 180 Å². The largest absolute Gasteiger partial charge is 0.497 e. The molecule has 0 fully saturated rings. The van der Waals surface area contributed by atoms with Crippen molar-refractivity contribution in [3.63, 3.8) is 0 Å². The van der Waals surface area contributed by atoms with Crippen LogP contribution in [0.4, 0.5) is 0 Å². The second-order valence-corrected chi connectivity index (χ2v) is 7.51. The average molecular weight is 456 g/mol. The van der Waals surface area contributed by atoms with Gasteiger partial charge in [0.15, 0.2) is 11.5 Å². The standard InChI is InChI=1S/C24H26BrNO3/c1-27-21-10-8-18(9-11-21)12-13-26-16-20-14-22(25)24(23(15-20)28-2)29-17-19-6-4-3-5-7-19/h3-11,14-15,26H,12-13,16-17H2,1-2H3. The summed E-state index contributed by atoms with van der Waals surface area (Å²) in [6.07, 6.45) is 0.959. The number of rotatable bonds is 10. The van der Waals surface area contributed by atoms with Gasteiger partial charge in [0, 0.05) is 6.54 Å². The molecule has 0 radical (unpaired) electrons. The van der Waals surface area contributed by atoms with Crippen molar-refractivity contribution in [2.45, 2.75) is 19.6 Å². The summed E-state index contributed by atoms with van der Waals surface area (Å²) in [5.74, 6) is 2.33. The molecule has 0 saturated carbocycles. The van der Waals surface area contributed by atoms with Crippen LogP contribution in [0.5, 0.6) is 17.2 Å². The van der Waals surface area contributed by atoms with E-state index in [0.717, 1.165) is 52.4 Å². The van der Waals surface area contributed by atoms with Gasteiger partial charge < -0.3 is 19.5 Å². The summed E-state index contributed by atoms with van der Waals surface area (Å²) in [6, 6.07) is 22.4. The van der Waals surface area contributed by atoms with Crippen LogP contribution in [0.1, 0.15) is 16.7 Å². The lowest BCUT2D eigenvalue weighted by atomic mass is 10.1. The Balaban J connectivity index is 1.54. The Morgan fingerprint density at radius 3 is 2.28 bits per heavy atom. The molecule has 4 nitrogen and oxygen atoms in total. The molecule has 1 N–H and O–H groups in total. The minimum Gasteiger partial charge on any atom is -0.497 e. The number of benzene rings is 3. The monoisotopic (exact) mass is 455 g/mol. The Morgan fingerprint density at radius 1 is 0.828 bits per heavy atom. The van der Waals surface area contributed by atoms with Crippen molar-refractivity contribution in [2.24, 2.45) is 0 Å². The predicted octanol–water partition coefficient (Wildman–Crippen LogP) is 5.38. The fraction of sp³-hybridized carbons (Fsp3) is 0.250. The molecular formula is C24H26BrNO3. The Morgan fingerprint density at radius 2 is 1.59 bits per heavy atom. The molecule has 0 aliphatic heterocycles. The third kappa shape index (κ3) is 6.24. The second kappa shape index (κ2) is 10.9. The van der Waals surface area contributed by atoms with E-state index in [4.69, 9.17) is 14.2 Å². The first-order chi connectivity index (χ1) is 14.2.